The van der Waals surface area contributed by atoms with E-state index in [1.807, 2.05) is 27.7 Å². The third kappa shape index (κ3) is 40.3. The summed E-state index contributed by atoms with van der Waals surface area (Å²) in [5.74, 6) is 0.833. The summed E-state index contributed by atoms with van der Waals surface area (Å²) < 4.78 is 0. The van der Waals surface area contributed by atoms with Crippen molar-refractivity contribution in [3.8, 4) is 0 Å². The first-order valence-corrected chi connectivity index (χ1v) is 6.73. The quantitative estimate of drug-likeness (QED) is 0.448. The summed E-state index contributed by atoms with van der Waals surface area (Å²) in [5.41, 5.74) is 0. The maximum Gasteiger partial charge on any atom is -0.0500 e. The minimum Gasteiger partial charge on any atom is -0.0683 e. The van der Waals surface area contributed by atoms with Gasteiger partial charge in [0.2, 0.25) is 0 Å². The molecule has 0 aliphatic heterocycles. The van der Waals surface area contributed by atoms with Crippen molar-refractivity contribution < 1.29 is 0 Å². The molecule has 0 N–H and O–H groups in total. The predicted molar refractivity (Wildman–Crippen MR) is 70.9 cm³/mol. The maximum atomic E-state index is 2.17. The highest BCUT2D eigenvalue weighted by Crippen LogP contribution is 2.15. The highest BCUT2D eigenvalue weighted by Gasteiger charge is 1.95. The van der Waals surface area contributed by atoms with Gasteiger partial charge in [-0.2, -0.15) is 0 Å². The zero-order valence-corrected chi connectivity index (χ0v) is 11.8. The predicted octanol–water partition coefficient (Wildman–Crippen LogP) is 6.06. The SMILES string of the molecule is C1CCCCC1.CC.CC.CC(C)C. The van der Waals surface area contributed by atoms with E-state index >= 15 is 0 Å². The van der Waals surface area contributed by atoms with Crippen molar-refractivity contribution in [2.45, 2.75) is 87.0 Å². The van der Waals surface area contributed by atoms with Crippen LogP contribution in [-0.4, -0.2) is 0 Å². The molecule has 0 bridgehead atoms. The summed E-state index contributed by atoms with van der Waals surface area (Å²) in [4.78, 5) is 0. The lowest BCUT2D eigenvalue weighted by molar-refractivity contribution is 0.504. The second kappa shape index (κ2) is 23.1. The van der Waals surface area contributed by atoms with E-state index in [2.05, 4.69) is 20.8 Å². The van der Waals surface area contributed by atoms with Gasteiger partial charge in [-0.05, 0) is 5.92 Å². The zero-order chi connectivity index (χ0) is 11.8. The zero-order valence-electron chi connectivity index (χ0n) is 11.8. The van der Waals surface area contributed by atoms with Crippen LogP contribution in [0.1, 0.15) is 87.0 Å². The fourth-order valence-electron chi connectivity index (χ4n) is 1.06. The van der Waals surface area contributed by atoms with E-state index in [-0.39, 0.29) is 0 Å². The summed E-state index contributed by atoms with van der Waals surface area (Å²) in [5, 5.41) is 0. The van der Waals surface area contributed by atoms with E-state index in [0.717, 1.165) is 5.92 Å². The topological polar surface area (TPSA) is 0 Å². The standard InChI is InChI=1S/C6H12.C4H10.2C2H6/c1-2-4-6-5-3-1;1-4(2)3;2*1-2/h1-6H2;4H,1-3H3;2*1-2H3. The van der Waals surface area contributed by atoms with E-state index < -0.39 is 0 Å². The lowest BCUT2D eigenvalue weighted by Crippen LogP contribution is -1.85. The summed E-state index contributed by atoms with van der Waals surface area (Å²) in [6, 6.07) is 0. The third-order valence-corrected chi connectivity index (χ3v) is 1.50. The van der Waals surface area contributed by atoms with Gasteiger partial charge in [0.25, 0.3) is 0 Å². The van der Waals surface area contributed by atoms with Crippen LogP contribution in [-0.2, 0) is 0 Å². The Morgan fingerprint density at radius 3 is 0.643 bits per heavy atom. The van der Waals surface area contributed by atoms with Crippen LogP contribution < -0.4 is 0 Å². The molecule has 1 fully saturated rings. The average Bonchev–Trinajstić information content (AvgIpc) is 2.25. The highest BCUT2D eigenvalue weighted by molar-refractivity contribution is 4.51. The van der Waals surface area contributed by atoms with E-state index in [0.29, 0.717) is 0 Å². The van der Waals surface area contributed by atoms with E-state index in [1.165, 1.54) is 38.5 Å². The average molecular weight is 202 g/mol. The van der Waals surface area contributed by atoms with Crippen molar-refractivity contribution in [3.63, 3.8) is 0 Å². The van der Waals surface area contributed by atoms with Crippen LogP contribution in [0, 0.1) is 5.92 Å². The molecule has 0 aromatic heterocycles. The molecule has 0 aromatic carbocycles. The third-order valence-electron chi connectivity index (χ3n) is 1.50. The molecule has 0 heteroatoms. The summed E-state index contributed by atoms with van der Waals surface area (Å²) in [6.45, 7) is 14.5. The van der Waals surface area contributed by atoms with Crippen LogP contribution in [0.25, 0.3) is 0 Å². The van der Waals surface area contributed by atoms with Gasteiger partial charge in [-0.15, -0.1) is 0 Å². The van der Waals surface area contributed by atoms with E-state index in [1.54, 1.807) is 0 Å². The van der Waals surface area contributed by atoms with Crippen molar-refractivity contribution >= 4 is 0 Å². The Balaban J connectivity index is -0.000000134. The molecule has 1 aliphatic rings. The molecule has 14 heavy (non-hydrogen) atoms. The van der Waals surface area contributed by atoms with Gasteiger partial charge in [-0.1, -0.05) is 87.0 Å². The van der Waals surface area contributed by atoms with Crippen molar-refractivity contribution in [2.24, 2.45) is 5.92 Å². The maximum absolute atomic E-state index is 2.17. The molecule has 0 heterocycles. The fourth-order valence-corrected chi connectivity index (χ4v) is 1.06. The van der Waals surface area contributed by atoms with E-state index in [4.69, 9.17) is 0 Å². The van der Waals surface area contributed by atoms with Gasteiger partial charge < -0.3 is 0 Å². The van der Waals surface area contributed by atoms with Crippen LogP contribution >= 0.6 is 0 Å². The van der Waals surface area contributed by atoms with Gasteiger partial charge in [0.05, 0.1) is 0 Å². The van der Waals surface area contributed by atoms with E-state index in [9.17, 15) is 0 Å². The Morgan fingerprint density at radius 2 is 0.571 bits per heavy atom. The molecular weight excluding hydrogens is 168 g/mol. The summed E-state index contributed by atoms with van der Waals surface area (Å²) >= 11 is 0. The molecule has 0 saturated heterocycles. The second-order valence-corrected chi connectivity index (χ2v) is 3.85. The fraction of sp³-hybridized carbons (Fsp3) is 1.00. The molecule has 90 valence electrons. The molecule has 0 aromatic rings. The van der Waals surface area contributed by atoms with Crippen LogP contribution in [0.2, 0.25) is 0 Å². The summed E-state index contributed by atoms with van der Waals surface area (Å²) in [6.07, 6.45) is 9.00. The molecule has 0 atom stereocenters. The molecule has 1 aliphatic carbocycles. The van der Waals surface area contributed by atoms with Gasteiger partial charge in [0.15, 0.2) is 0 Å². The first-order valence-electron chi connectivity index (χ1n) is 6.73. The van der Waals surface area contributed by atoms with Crippen LogP contribution in [0.3, 0.4) is 0 Å². The largest absolute Gasteiger partial charge is 0.0683 e. The Hall–Kier alpha value is 0. The Bertz CT molecular complexity index is 36.8. The normalized spacial score (nSPS) is 13.7. The lowest BCUT2D eigenvalue weighted by atomic mass is 10.0. The molecule has 1 saturated carbocycles. The summed E-state index contributed by atoms with van der Waals surface area (Å²) in [7, 11) is 0. The second-order valence-electron chi connectivity index (χ2n) is 3.85. The molecule has 0 radical (unpaired) electrons. The molecule has 0 spiro atoms. The van der Waals surface area contributed by atoms with Gasteiger partial charge in [0, 0.05) is 0 Å². The van der Waals surface area contributed by atoms with Crippen LogP contribution in [0.4, 0.5) is 0 Å². The first-order chi connectivity index (χ1) is 6.73. The molecule has 0 amide bonds. The Labute approximate surface area is 93.5 Å². The molecule has 0 unspecified atom stereocenters. The van der Waals surface area contributed by atoms with Crippen molar-refractivity contribution in [3.05, 3.63) is 0 Å². The van der Waals surface area contributed by atoms with Gasteiger partial charge in [-0.25, -0.2) is 0 Å². The smallest absolute Gasteiger partial charge is 0.0500 e. The number of hydrogen-bond acceptors (Lipinski definition) is 0. The van der Waals surface area contributed by atoms with Gasteiger partial charge >= 0.3 is 0 Å². The van der Waals surface area contributed by atoms with Crippen molar-refractivity contribution in [1.82, 2.24) is 0 Å². The highest BCUT2D eigenvalue weighted by atomic mass is 14.0. The number of rotatable bonds is 0. The molecule has 0 nitrogen and oxygen atoms in total. The molecule has 1 rings (SSSR count). The lowest BCUT2D eigenvalue weighted by Gasteiger charge is -2.05. The van der Waals surface area contributed by atoms with Gasteiger partial charge in [0.1, 0.15) is 0 Å². The minimum absolute atomic E-state index is 0.833. The molecular formula is C14H34. The van der Waals surface area contributed by atoms with Crippen molar-refractivity contribution in [1.29, 1.82) is 0 Å². The minimum atomic E-state index is 0.833. The van der Waals surface area contributed by atoms with Crippen LogP contribution in [0.5, 0.6) is 0 Å². The van der Waals surface area contributed by atoms with Gasteiger partial charge in [-0.3, -0.25) is 0 Å². The van der Waals surface area contributed by atoms with Crippen molar-refractivity contribution in [2.75, 3.05) is 0 Å². The van der Waals surface area contributed by atoms with Crippen LogP contribution in [0.15, 0.2) is 0 Å². The number of hydrogen-bond donors (Lipinski definition) is 0. The first kappa shape index (κ1) is 19.6. The Morgan fingerprint density at radius 1 is 0.500 bits per heavy atom. The monoisotopic (exact) mass is 202 g/mol. The Kier molecular flexibility index (Phi) is 32.3.